The van der Waals surface area contributed by atoms with Crippen molar-refractivity contribution in [3.8, 4) is 0 Å². The predicted molar refractivity (Wildman–Crippen MR) is 74.1 cm³/mol. The first-order valence-electron chi connectivity index (χ1n) is 6.69. The number of rotatable bonds is 2. The number of fused-ring (bicyclic) bond motifs is 2. The Morgan fingerprint density at radius 2 is 2.28 bits per heavy atom. The Hall–Kier alpha value is -0.200. The molecule has 3 fully saturated rings. The minimum absolute atomic E-state index is 0.438. The molecular weight excluding hydrogens is 266 g/mol. The molecule has 1 N–H and O–H groups in total. The molecule has 0 spiro atoms. The highest BCUT2D eigenvalue weighted by Gasteiger charge is 2.42. The SMILES string of the molecule is C1CSC(c2noc(C3CC4CCC3N4)n2)CS1. The molecule has 2 bridgehead atoms. The Labute approximate surface area is 115 Å². The Bertz CT molecular complexity index is 433. The van der Waals surface area contributed by atoms with Gasteiger partial charge >= 0.3 is 0 Å². The van der Waals surface area contributed by atoms with Crippen LogP contribution in [0.15, 0.2) is 4.52 Å². The topological polar surface area (TPSA) is 51.0 Å². The van der Waals surface area contributed by atoms with Crippen LogP contribution in [0.5, 0.6) is 0 Å². The maximum absolute atomic E-state index is 5.53. The average Bonchev–Trinajstić information content (AvgIpc) is 3.15. The van der Waals surface area contributed by atoms with Crippen molar-refractivity contribution < 1.29 is 4.52 Å². The summed E-state index contributed by atoms with van der Waals surface area (Å²) in [7, 11) is 0. The smallest absolute Gasteiger partial charge is 0.231 e. The van der Waals surface area contributed by atoms with E-state index in [1.165, 1.54) is 30.8 Å². The van der Waals surface area contributed by atoms with Crippen molar-refractivity contribution >= 4 is 23.5 Å². The molecule has 0 aliphatic carbocycles. The second kappa shape index (κ2) is 4.72. The quantitative estimate of drug-likeness (QED) is 0.898. The normalized spacial score (nSPS) is 39.3. The summed E-state index contributed by atoms with van der Waals surface area (Å²) < 4.78 is 5.53. The molecule has 18 heavy (non-hydrogen) atoms. The van der Waals surface area contributed by atoms with Crippen molar-refractivity contribution in [2.24, 2.45) is 0 Å². The first-order chi connectivity index (χ1) is 8.90. The van der Waals surface area contributed by atoms with Crippen molar-refractivity contribution in [3.05, 3.63) is 11.7 Å². The van der Waals surface area contributed by atoms with Crippen LogP contribution in [0.2, 0.25) is 0 Å². The molecule has 98 valence electrons. The highest BCUT2D eigenvalue weighted by Crippen LogP contribution is 2.41. The molecule has 0 aromatic carbocycles. The van der Waals surface area contributed by atoms with Gasteiger partial charge in [-0.15, -0.1) is 11.8 Å². The van der Waals surface area contributed by atoms with Crippen LogP contribution >= 0.6 is 23.5 Å². The molecule has 4 nitrogen and oxygen atoms in total. The van der Waals surface area contributed by atoms with Gasteiger partial charge in [-0.3, -0.25) is 0 Å². The van der Waals surface area contributed by atoms with E-state index in [1.54, 1.807) is 0 Å². The summed E-state index contributed by atoms with van der Waals surface area (Å²) in [5.41, 5.74) is 0. The Morgan fingerprint density at radius 3 is 3.00 bits per heavy atom. The van der Waals surface area contributed by atoms with E-state index in [0.29, 0.717) is 23.3 Å². The van der Waals surface area contributed by atoms with Gasteiger partial charge in [-0.2, -0.15) is 16.7 Å². The largest absolute Gasteiger partial charge is 0.339 e. The summed E-state index contributed by atoms with van der Waals surface area (Å²) in [4.78, 5) is 4.68. The first kappa shape index (κ1) is 11.6. The average molecular weight is 283 g/mol. The maximum atomic E-state index is 5.53. The second-order valence-corrected chi connectivity index (χ2v) is 7.78. The molecule has 4 rings (SSSR count). The third kappa shape index (κ3) is 1.98. The molecule has 1 aromatic rings. The van der Waals surface area contributed by atoms with Gasteiger partial charge in [0.25, 0.3) is 0 Å². The molecule has 4 heterocycles. The van der Waals surface area contributed by atoms with E-state index in [0.717, 1.165) is 17.5 Å². The predicted octanol–water partition coefficient (Wildman–Crippen LogP) is 2.20. The van der Waals surface area contributed by atoms with Gasteiger partial charge < -0.3 is 9.84 Å². The lowest BCUT2D eigenvalue weighted by atomic mass is 9.89. The number of nitrogens with one attached hydrogen (secondary N) is 1. The summed E-state index contributed by atoms with van der Waals surface area (Å²) in [5.74, 6) is 5.84. The lowest BCUT2D eigenvalue weighted by Gasteiger charge is -2.17. The van der Waals surface area contributed by atoms with Crippen LogP contribution < -0.4 is 5.32 Å². The fourth-order valence-electron chi connectivity index (χ4n) is 3.26. The Balaban J connectivity index is 1.51. The van der Waals surface area contributed by atoms with Gasteiger partial charge in [0.05, 0.1) is 11.2 Å². The van der Waals surface area contributed by atoms with Crippen LogP contribution in [-0.2, 0) is 0 Å². The lowest BCUT2D eigenvalue weighted by Crippen LogP contribution is -2.21. The summed E-state index contributed by atoms with van der Waals surface area (Å²) in [5, 5.41) is 8.29. The van der Waals surface area contributed by atoms with Gasteiger partial charge in [-0.05, 0) is 19.3 Å². The van der Waals surface area contributed by atoms with Crippen LogP contribution in [0.25, 0.3) is 0 Å². The third-order valence-electron chi connectivity index (χ3n) is 4.18. The Morgan fingerprint density at radius 1 is 1.28 bits per heavy atom. The van der Waals surface area contributed by atoms with Gasteiger partial charge in [-0.1, -0.05) is 5.16 Å². The van der Waals surface area contributed by atoms with Gasteiger partial charge in [0, 0.05) is 29.3 Å². The second-order valence-electron chi connectivity index (χ2n) is 5.31. The first-order valence-corrected chi connectivity index (χ1v) is 8.89. The van der Waals surface area contributed by atoms with Crippen molar-refractivity contribution in [2.45, 2.75) is 42.5 Å². The third-order valence-corrected chi connectivity index (χ3v) is 6.93. The Kier molecular flexibility index (Phi) is 3.05. The molecule has 6 heteroatoms. The van der Waals surface area contributed by atoms with Crippen molar-refractivity contribution in [2.75, 3.05) is 17.3 Å². The summed E-state index contributed by atoms with van der Waals surface area (Å²) >= 11 is 3.96. The van der Waals surface area contributed by atoms with E-state index in [1.807, 2.05) is 23.5 Å². The van der Waals surface area contributed by atoms with Crippen LogP contribution in [0.4, 0.5) is 0 Å². The number of hydrogen-bond acceptors (Lipinski definition) is 6. The van der Waals surface area contributed by atoms with Gasteiger partial charge in [0.15, 0.2) is 5.82 Å². The van der Waals surface area contributed by atoms with E-state index in [4.69, 9.17) is 4.52 Å². The van der Waals surface area contributed by atoms with E-state index >= 15 is 0 Å². The zero-order chi connectivity index (χ0) is 11.9. The van der Waals surface area contributed by atoms with Crippen molar-refractivity contribution in [1.29, 1.82) is 0 Å². The fraction of sp³-hybridized carbons (Fsp3) is 0.833. The van der Waals surface area contributed by atoms with Crippen molar-refractivity contribution in [1.82, 2.24) is 15.5 Å². The van der Waals surface area contributed by atoms with Gasteiger partial charge in [0.2, 0.25) is 5.89 Å². The van der Waals surface area contributed by atoms with Crippen molar-refractivity contribution in [3.63, 3.8) is 0 Å². The van der Waals surface area contributed by atoms with E-state index < -0.39 is 0 Å². The van der Waals surface area contributed by atoms with Crippen LogP contribution in [0.3, 0.4) is 0 Å². The summed E-state index contributed by atoms with van der Waals surface area (Å²) in [6, 6.07) is 1.27. The highest BCUT2D eigenvalue weighted by atomic mass is 32.2. The molecule has 3 aliphatic rings. The molecule has 0 amide bonds. The number of hydrogen-bond donors (Lipinski definition) is 1. The number of thioether (sulfide) groups is 2. The monoisotopic (exact) mass is 283 g/mol. The summed E-state index contributed by atoms with van der Waals surface area (Å²) in [6.45, 7) is 0. The number of nitrogens with zero attached hydrogens (tertiary/aromatic N) is 2. The number of aromatic nitrogens is 2. The minimum atomic E-state index is 0.438. The van der Waals surface area contributed by atoms with E-state index in [2.05, 4.69) is 15.5 Å². The molecule has 1 aromatic heterocycles. The highest BCUT2D eigenvalue weighted by molar-refractivity contribution is 8.06. The molecule has 3 saturated heterocycles. The van der Waals surface area contributed by atoms with Gasteiger partial charge in [0.1, 0.15) is 0 Å². The molecule has 4 unspecified atom stereocenters. The minimum Gasteiger partial charge on any atom is -0.339 e. The lowest BCUT2D eigenvalue weighted by molar-refractivity contribution is 0.327. The van der Waals surface area contributed by atoms with E-state index in [-0.39, 0.29) is 0 Å². The van der Waals surface area contributed by atoms with Crippen LogP contribution in [0.1, 0.15) is 42.1 Å². The van der Waals surface area contributed by atoms with Crippen LogP contribution in [-0.4, -0.2) is 39.5 Å². The molecule has 0 saturated carbocycles. The molecule has 3 aliphatic heterocycles. The zero-order valence-electron chi connectivity index (χ0n) is 10.2. The van der Waals surface area contributed by atoms with Gasteiger partial charge in [-0.25, -0.2) is 0 Å². The zero-order valence-corrected chi connectivity index (χ0v) is 11.8. The van der Waals surface area contributed by atoms with Crippen LogP contribution in [0, 0.1) is 0 Å². The maximum Gasteiger partial charge on any atom is 0.231 e. The van der Waals surface area contributed by atoms with E-state index in [9.17, 15) is 0 Å². The molecule has 0 radical (unpaired) electrons. The fourth-order valence-corrected chi connectivity index (χ4v) is 5.85. The standard InChI is InChI=1S/C12H17N3OS2/c1-2-9-8(5-7(1)13-9)12-14-11(15-16-12)10-6-17-3-4-18-10/h7-10,13H,1-6H2. The molecular formula is C12H17N3OS2. The molecule has 4 atom stereocenters. The summed E-state index contributed by atoms with van der Waals surface area (Å²) in [6.07, 6.45) is 3.76.